The molecule has 1 aromatic carbocycles. The Labute approximate surface area is 107 Å². The molecule has 0 radical (unpaired) electrons. The van der Waals surface area contributed by atoms with Gasteiger partial charge in [0.2, 0.25) is 0 Å². The lowest BCUT2D eigenvalue weighted by Crippen LogP contribution is -2.16. The third kappa shape index (κ3) is 2.59. The van der Waals surface area contributed by atoms with Gasteiger partial charge in [0, 0.05) is 12.6 Å². The Kier molecular flexibility index (Phi) is 3.28. The van der Waals surface area contributed by atoms with Crippen LogP contribution in [0.25, 0.3) is 0 Å². The number of nitrogens with one attached hydrogen (secondary N) is 1. The van der Waals surface area contributed by atoms with Crippen LogP contribution in [0, 0.1) is 5.82 Å². The fraction of sp³-hybridized carbons (Fsp3) is 0.0833. The number of rotatable bonds is 3. The summed E-state index contributed by atoms with van der Waals surface area (Å²) in [4.78, 5) is 22.8. The van der Waals surface area contributed by atoms with Gasteiger partial charge in [0.05, 0.1) is 6.20 Å². The maximum absolute atomic E-state index is 12.7. The number of amides is 1. The van der Waals surface area contributed by atoms with E-state index < -0.39 is 17.7 Å². The van der Waals surface area contributed by atoms with Crippen LogP contribution < -0.4 is 5.32 Å². The topological polar surface area (TPSA) is 84.2 Å². The maximum atomic E-state index is 12.7. The highest BCUT2D eigenvalue weighted by Crippen LogP contribution is 2.15. The van der Waals surface area contributed by atoms with Crippen LogP contribution in [0.1, 0.15) is 20.7 Å². The smallest absolute Gasteiger partial charge is 0.341 e. The molecule has 0 aliphatic rings. The average molecular weight is 263 g/mol. The predicted octanol–water partition coefficient (Wildman–Crippen LogP) is 1.51. The summed E-state index contributed by atoms with van der Waals surface area (Å²) < 4.78 is 14.0. The second kappa shape index (κ2) is 4.89. The lowest BCUT2D eigenvalue weighted by molar-refractivity contribution is 0.0698. The molecule has 2 rings (SSSR count). The second-order valence-corrected chi connectivity index (χ2v) is 3.80. The van der Waals surface area contributed by atoms with E-state index in [1.165, 1.54) is 23.9 Å². The van der Waals surface area contributed by atoms with Crippen LogP contribution in [0.5, 0.6) is 0 Å². The summed E-state index contributed by atoms with van der Waals surface area (Å²) >= 11 is 0. The van der Waals surface area contributed by atoms with Crippen molar-refractivity contribution in [3.63, 3.8) is 0 Å². The summed E-state index contributed by atoms with van der Waals surface area (Å²) in [5.74, 6) is -2.11. The fourth-order valence-corrected chi connectivity index (χ4v) is 1.52. The lowest BCUT2D eigenvalue weighted by Gasteiger charge is -2.06. The number of benzene rings is 1. The van der Waals surface area contributed by atoms with E-state index in [0.29, 0.717) is 0 Å². The Morgan fingerprint density at radius 2 is 1.95 bits per heavy atom. The second-order valence-electron chi connectivity index (χ2n) is 3.80. The van der Waals surface area contributed by atoms with Gasteiger partial charge in [-0.05, 0) is 24.3 Å². The first-order chi connectivity index (χ1) is 8.99. The third-order valence-electron chi connectivity index (χ3n) is 2.51. The standard InChI is InChI=1S/C12H10FN3O3/c1-16-10(9(6-14-16)12(18)19)15-11(17)7-2-4-8(13)5-3-7/h2-6H,1H3,(H,15,17)(H,18,19). The quantitative estimate of drug-likeness (QED) is 0.879. The van der Waals surface area contributed by atoms with Gasteiger partial charge in [-0.25, -0.2) is 9.18 Å². The van der Waals surface area contributed by atoms with E-state index in [1.807, 2.05) is 0 Å². The fourth-order valence-electron chi connectivity index (χ4n) is 1.52. The van der Waals surface area contributed by atoms with E-state index in [4.69, 9.17) is 5.11 Å². The van der Waals surface area contributed by atoms with E-state index in [2.05, 4.69) is 10.4 Å². The largest absolute Gasteiger partial charge is 0.477 e. The number of hydrogen-bond donors (Lipinski definition) is 2. The van der Waals surface area contributed by atoms with Crippen LogP contribution in [0.2, 0.25) is 0 Å². The highest BCUT2D eigenvalue weighted by atomic mass is 19.1. The molecule has 2 aromatic rings. The minimum absolute atomic E-state index is 0.0711. The molecular formula is C12H10FN3O3. The van der Waals surface area contributed by atoms with Crippen molar-refractivity contribution < 1.29 is 19.1 Å². The Balaban J connectivity index is 2.26. The molecule has 6 nitrogen and oxygen atoms in total. The molecular weight excluding hydrogens is 253 g/mol. The summed E-state index contributed by atoms with van der Waals surface area (Å²) in [5, 5.41) is 15.1. The van der Waals surface area contributed by atoms with Crippen LogP contribution >= 0.6 is 0 Å². The van der Waals surface area contributed by atoms with Gasteiger partial charge in [-0.15, -0.1) is 0 Å². The third-order valence-corrected chi connectivity index (χ3v) is 2.51. The number of carbonyl (C=O) groups excluding carboxylic acids is 1. The molecule has 0 saturated carbocycles. The molecule has 7 heteroatoms. The molecule has 0 aliphatic carbocycles. The van der Waals surface area contributed by atoms with Crippen LogP contribution in [-0.4, -0.2) is 26.8 Å². The van der Waals surface area contributed by atoms with Gasteiger partial charge in [0.15, 0.2) is 0 Å². The number of halogens is 1. The van der Waals surface area contributed by atoms with Crippen LogP contribution in [0.3, 0.4) is 0 Å². The highest BCUT2D eigenvalue weighted by molar-refractivity contribution is 6.06. The van der Waals surface area contributed by atoms with Crippen LogP contribution in [-0.2, 0) is 7.05 Å². The molecule has 0 unspecified atom stereocenters. The van der Waals surface area contributed by atoms with E-state index in [9.17, 15) is 14.0 Å². The van der Waals surface area contributed by atoms with Crippen molar-refractivity contribution in [3.05, 3.63) is 47.4 Å². The first kappa shape index (κ1) is 12.7. The monoisotopic (exact) mass is 263 g/mol. The van der Waals surface area contributed by atoms with Gasteiger partial charge in [-0.1, -0.05) is 0 Å². The molecule has 1 aromatic heterocycles. The van der Waals surface area contributed by atoms with E-state index in [-0.39, 0.29) is 16.9 Å². The summed E-state index contributed by atoms with van der Waals surface area (Å²) in [6.45, 7) is 0. The van der Waals surface area contributed by atoms with Gasteiger partial charge in [0.25, 0.3) is 5.91 Å². The summed E-state index contributed by atoms with van der Waals surface area (Å²) in [5.41, 5.74) is 0.108. The molecule has 98 valence electrons. The van der Waals surface area contributed by atoms with Gasteiger partial charge < -0.3 is 10.4 Å². The minimum atomic E-state index is -1.19. The summed E-state index contributed by atoms with van der Waals surface area (Å²) in [6.07, 6.45) is 1.14. The Hall–Kier alpha value is -2.70. The Morgan fingerprint density at radius 1 is 1.32 bits per heavy atom. The first-order valence-electron chi connectivity index (χ1n) is 5.31. The zero-order valence-corrected chi connectivity index (χ0v) is 9.92. The average Bonchev–Trinajstić information content (AvgIpc) is 2.72. The molecule has 19 heavy (non-hydrogen) atoms. The Morgan fingerprint density at radius 3 is 2.53 bits per heavy atom. The van der Waals surface area contributed by atoms with Crippen molar-refractivity contribution in [2.75, 3.05) is 5.32 Å². The molecule has 0 fully saturated rings. The number of carboxylic acids is 1. The molecule has 1 heterocycles. The van der Waals surface area contributed by atoms with Crippen molar-refractivity contribution in [3.8, 4) is 0 Å². The van der Waals surface area contributed by atoms with Gasteiger partial charge >= 0.3 is 5.97 Å². The van der Waals surface area contributed by atoms with Crippen molar-refractivity contribution in [1.29, 1.82) is 0 Å². The summed E-state index contributed by atoms with van der Waals surface area (Å²) in [6, 6.07) is 4.91. The SMILES string of the molecule is Cn1ncc(C(=O)O)c1NC(=O)c1ccc(F)cc1. The zero-order chi connectivity index (χ0) is 14.0. The minimum Gasteiger partial charge on any atom is -0.477 e. The normalized spacial score (nSPS) is 10.2. The van der Waals surface area contributed by atoms with E-state index in [0.717, 1.165) is 18.3 Å². The van der Waals surface area contributed by atoms with E-state index in [1.54, 1.807) is 0 Å². The molecule has 2 N–H and O–H groups in total. The number of aryl methyl sites for hydroxylation is 1. The van der Waals surface area contributed by atoms with E-state index >= 15 is 0 Å². The molecule has 0 aliphatic heterocycles. The number of aromatic nitrogens is 2. The Bertz CT molecular complexity index is 634. The number of carbonyl (C=O) groups is 2. The van der Waals surface area contributed by atoms with Crippen molar-refractivity contribution in [2.45, 2.75) is 0 Å². The molecule has 1 amide bonds. The number of hydrogen-bond acceptors (Lipinski definition) is 3. The van der Waals surface area contributed by atoms with Crippen molar-refractivity contribution >= 4 is 17.7 Å². The highest BCUT2D eigenvalue weighted by Gasteiger charge is 2.17. The van der Waals surface area contributed by atoms with Crippen molar-refractivity contribution in [2.24, 2.45) is 7.05 Å². The predicted molar refractivity (Wildman–Crippen MR) is 64.5 cm³/mol. The molecule has 0 spiro atoms. The number of anilines is 1. The number of nitrogens with zero attached hydrogens (tertiary/aromatic N) is 2. The molecule has 0 bridgehead atoms. The maximum Gasteiger partial charge on any atom is 0.341 e. The van der Waals surface area contributed by atoms with Gasteiger partial charge in [-0.2, -0.15) is 5.10 Å². The number of aromatic carboxylic acids is 1. The van der Waals surface area contributed by atoms with Crippen LogP contribution in [0.4, 0.5) is 10.2 Å². The lowest BCUT2D eigenvalue weighted by atomic mass is 10.2. The van der Waals surface area contributed by atoms with Crippen LogP contribution in [0.15, 0.2) is 30.5 Å². The van der Waals surface area contributed by atoms with Gasteiger partial charge in [-0.3, -0.25) is 9.48 Å². The first-order valence-corrected chi connectivity index (χ1v) is 5.31. The molecule has 0 saturated heterocycles. The zero-order valence-electron chi connectivity index (χ0n) is 9.92. The summed E-state index contributed by atoms with van der Waals surface area (Å²) in [7, 11) is 1.51. The molecule has 0 atom stereocenters. The van der Waals surface area contributed by atoms with Gasteiger partial charge in [0.1, 0.15) is 17.2 Å². The number of carboxylic acid groups (broad SMARTS) is 1. The van der Waals surface area contributed by atoms with Crippen molar-refractivity contribution in [1.82, 2.24) is 9.78 Å².